The molecular weight excluding hydrogens is 288 g/mol. The Kier molecular flexibility index (Phi) is 3.38. The molecule has 1 aliphatic rings. The van der Waals surface area contributed by atoms with Crippen LogP contribution in [0.5, 0.6) is 0 Å². The summed E-state index contributed by atoms with van der Waals surface area (Å²) in [7, 11) is 1.43. The van der Waals surface area contributed by atoms with E-state index in [-0.39, 0.29) is 6.61 Å². The zero-order chi connectivity index (χ0) is 16.1. The molecule has 0 amide bonds. The maximum atomic E-state index is 10.4. The molecule has 8 heteroatoms. The number of rotatable bonds is 3. The molecule has 120 valence electrons. The molecule has 3 rings (SSSR count). The number of aliphatic hydroxyl groups excluding tert-OH is 2. The molecular formula is C14H20N4O4. The van der Waals surface area contributed by atoms with E-state index in [9.17, 15) is 10.2 Å². The number of ether oxygens (including phenoxy) is 2. The quantitative estimate of drug-likeness (QED) is 0.583. The lowest BCUT2D eigenvalue weighted by Gasteiger charge is -2.38. The van der Waals surface area contributed by atoms with Crippen molar-refractivity contribution in [2.24, 2.45) is 5.73 Å². The summed E-state index contributed by atoms with van der Waals surface area (Å²) in [6.07, 6.45) is -0.413. The van der Waals surface area contributed by atoms with E-state index in [4.69, 9.17) is 20.9 Å². The van der Waals surface area contributed by atoms with Gasteiger partial charge in [-0.15, -0.1) is 0 Å². The minimum atomic E-state index is -1.47. The van der Waals surface area contributed by atoms with Gasteiger partial charge in [-0.3, -0.25) is 0 Å². The van der Waals surface area contributed by atoms with Crippen LogP contribution in [-0.4, -0.2) is 51.3 Å². The Hall–Kier alpha value is -1.71. The Balaban J connectivity index is 2.24. The number of aliphatic hydroxyl groups is 2. The fraction of sp³-hybridized carbons (Fsp3) is 0.500. The molecule has 3 heterocycles. The van der Waals surface area contributed by atoms with Gasteiger partial charge in [-0.2, -0.15) is 5.10 Å². The minimum Gasteiger partial charge on any atom is -0.397 e. The number of nitrogen functional groups attached to an aromatic ring is 1. The first-order chi connectivity index (χ1) is 10.4. The van der Waals surface area contributed by atoms with Gasteiger partial charge >= 0.3 is 0 Å². The molecule has 0 aromatic carbocycles. The number of nitrogens with zero attached hydrogens (tertiary/aromatic N) is 2. The highest BCUT2D eigenvalue weighted by molar-refractivity contribution is 5.69. The maximum Gasteiger partial charge on any atom is 0.233 e. The topological polar surface area (TPSA) is 128 Å². The van der Waals surface area contributed by atoms with E-state index in [2.05, 4.69) is 5.10 Å². The number of anilines is 1. The van der Waals surface area contributed by atoms with Crippen LogP contribution in [0.25, 0.3) is 5.52 Å². The van der Waals surface area contributed by atoms with Gasteiger partial charge in [-0.05, 0) is 25.1 Å². The summed E-state index contributed by atoms with van der Waals surface area (Å²) in [5, 5.41) is 24.0. The smallest absolute Gasteiger partial charge is 0.233 e. The van der Waals surface area contributed by atoms with Gasteiger partial charge < -0.3 is 31.2 Å². The van der Waals surface area contributed by atoms with Crippen molar-refractivity contribution in [2.75, 3.05) is 19.5 Å². The summed E-state index contributed by atoms with van der Waals surface area (Å²) < 4.78 is 13.0. The molecule has 1 saturated heterocycles. The lowest BCUT2D eigenvalue weighted by atomic mass is 9.85. The van der Waals surface area contributed by atoms with Gasteiger partial charge in [0.1, 0.15) is 23.4 Å². The van der Waals surface area contributed by atoms with E-state index < -0.39 is 23.5 Å². The predicted molar refractivity (Wildman–Crippen MR) is 78.8 cm³/mol. The van der Waals surface area contributed by atoms with Gasteiger partial charge in [0.15, 0.2) is 0 Å². The standard InChI is InChI=1S/C14H20N4O4/c1-13(16)12(20)10(7-19)22-14(13,21-2)11-4-3-9-8(15)5-6-17-18(9)11/h3-6,10,12,19-20H,7,15-16H2,1-2H3/t10-,12-,13-,14+/m1/s1. The summed E-state index contributed by atoms with van der Waals surface area (Å²) in [5.74, 6) is -1.47. The van der Waals surface area contributed by atoms with Crippen LogP contribution in [0.4, 0.5) is 5.69 Å². The van der Waals surface area contributed by atoms with Gasteiger partial charge in [-0.1, -0.05) is 0 Å². The van der Waals surface area contributed by atoms with E-state index in [0.29, 0.717) is 16.9 Å². The molecule has 0 aliphatic carbocycles. The Bertz CT molecular complexity index is 701. The van der Waals surface area contributed by atoms with Crippen LogP contribution in [0.15, 0.2) is 24.4 Å². The number of nitrogens with two attached hydrogens (primary N) is 2. The second-order valence-electron chi connectivity index (χ2n) is 5.69. The van der Waals surface area contributed by atoms with E-state index in [1.54, 1.807) is 35.8 Å². The number of methoxy groups -OCH3 is 1. The van der Waals surface area contributed by atoms with Crippen molar-refractivity contribution in [2.45, 2.75) is 30.5 Å². The van der Waals surface area contributed by atoms with Crippen molar-refractivity contribution in [1.29, 1.82) is 0 Å². The molecule has 22 heavy (non-hydrogen) atoms. The highest BCUT2D eigenvalue weighted by Crippen LogP contribution is 2.46. The number of fused-ring (bicyclic) bond motifs is 1. The molecule has 4 atom stereocenters. The number of aromatic nitrogens is 2. The van der Waals surface area contributed by atoms with Crippen molar-refractivity contribution in [3.05, 3.63) is 30.1 Å². The van der Waals surface area contributed by atoms with E-state index in [1.165, 1.54) is 7.11 Å². The average Bonchev–Trinajstić information content (AvgIpc) is 3.01. The summed E-state index contributed by atoms with van der Waals surface area (Å²) in [6.45, 7) is 1.24. The number of hydrogen-bond acceptors (Lipinski definition) is 7. The van der Waals surface area contributed by atoms with Gasteiger partial charge in [0.2, 0.25) is 5.79 Å². The molecule has 1 fully saturated rings. The molecule has 2 aromatic heterocycles. The lowest BCUT2D eigenvalue weighted by Crippen LogP contribution is -2.60. The van der Waals surface area contributed by atoms with Crippen molar-refractivity contribution >= 4 is 11.2 Å². The monoisotopic (exact) mass is 308 g/mol. The predicted octanol–water partition coefficient (Wildman–Crippen LogP) is -0.815. The fourth-order valence-corrected chi connectivity index (χ4v) is 3.12. The van der Waals surface area contributed by atoms with Crippen LogP contribution >= 0.6 is 0 Å². The molecule has 8 nitrogen and oxygen atoms in total. The SMILES string of the molecule is CO[C@@]1(c2ccc3c(N)ccnn23)O[C@H](CO)[C@@H](O)[C@@]1(C)N. The summed E-state index contributed by atoms with van der Waals surface area (Å²) >= 11 is 0. The lowest BCUT2D eigenvalue weighted by molar-refractivity contribution is -0.249. The van der Waals surface area contributed by atoms with Crippen LogP contribution < -0.4 is 11.5 Å². The highest BCUT2D eigenvalue weighted by Gasteiger charge is 2.64. The third-order valence-electron chi connectivity index (χ3n) is 4.39. The summed E-state index contributed by atoms with van der Waals surface area (Å²) in [5.41, 5.74) is 12.7. The zero-order valence-corrected chi connectivity index (χ0v) is 12.4. The summed E-state index contributed by atoms with van der Waals surface area (Å²) in [4.78, 5) is 0. The summed E-state index contributed by atoms with van der Waals surface area (Å²) in [6, 6.07) is 5.19. The first-order valence-corrected chi connectivity index (χ1v) is 6.92. The molecule has 0 spiro atoms. The van der Waals surface area contributed by atoms with Gasteiger partial charge in [-0.25, -0.2) is 4.52 Å². The molecule has 0 radical (unpaired) electrons. The van der Waals surface area contributed by atoms with E-state index in [0.717, 1.165) is 0 Å². The molecule has 1 aliphatic heterocycles. The van der Waals surface area contributed by atoms with E-state index >= 15 is 0 Å². The van der Waals surface area contributed by atoms with Gasteiger partial charge in [0.25, 0.3) is 0 Å². The van der Waals surface area contributed by atoms with Crippen molar-refractivity contribution in [1.82, 2.24) is 9.61 Å². The first-order valence-electron chi connectivity index (χ1n) is 6.92. The average molecular weight is 308 g/mol. The second kappa shape index (κ2) is 4.90. The van der Waals surface area contributed by atoms with Crippen LogP contribution in [0.1, 0.15) is 12.6 Å². The first kappa shape index (κ1) is 15.2. The highest BCUT2D eigenvalue weighted by atomic mass is 16.7. The molecule has 0 bridgehead atoms. The zero-order valence-electron chi connectivity index (χ0n) is 12.4. The van der Waals surface area contributed by atoms with Gasteiger partial charge in [0, 0.05) is 13.3 Å². The largest absolute Gasteiger partial charge is 0.397 e. The van der Waals surface area contributed by atoms with E-state index in [1.807, 2.05) is 0 Å². The van der Waals surface area contributed by atoms with Crippen LogP contribution in [0, 0.1) is 0 Å². The van der Waals surface area contributed by atoms with Crippen molar-refractivity contribution < 1.29 is 19.7 Å². The fourth-order valence-electron chi connectivity index (χ4n) is 3.12. The Morgan fingerprint density at radius 2 is 2.18 bits per heavy atom. The Morgan fingerprint density at radius 3 is 2.77 bits per heavy atom. The molecule has 6 N–H and O–H groups in total. The van der Waals surface area contributed by atoms with Crippen LogP contribution in [-0.2, 0) is 15.3 Å². The minimum absolute atomic E-state index is 0.377. The van der Waals surface area contributed by atoms with Crippen molar-refractivity contribution in [3.8, 4) is 0 Å². The van der Waals surface area contributed by atoms with Gasteiger partial charge in [0.05, 0.1) is 17.8 Å². The van der Waals surface area contributed by atoms with Crippen molar-refractivity contribution in [3.63, 3.8) is 0 Å². The molecule has 2 aromatic rings. The molecule has 0 saturated carbocycles. The second-order valence-corrected chi connectivity index (χ2v) is 5.69. The number of hydrogen-bond donors (Lipinski definition) is 4. The Labute approximate surface area is 127 Å². The third kappa shape index (κ3) is 1.73. The Morgan fingerprint density at radius 1 is 1.45 bits per heavy atom. The molecule has 0 unspecified atom stereocenters. The van der Waals surface area contributed by atoms with Crippen LogP contribution in [0.3, 0.4) is 0 Å². The normalized spacial score (nSPS) is 35.3. The van der Waals surface area contributed by atoms with Crippen LogP contribution in [0.2, 0.25) is 0 Å². The maximum absolute atomic E-state index is 10.4. The third-order valence-corrected chi connectivity index (χ3v) is 4.39.